The van der Waals surface area contributed by atoms with Gasteiger partial charge in [0.25, 0.3) is 0 Å². The highest BCUT2D eigenvalue weighted by atomic mass is 16.5. The van der Waals surface area contributed by atoms with E-state index in [4.69, 9.17) is 14.6 Å². The molecule has 0 aliphatic heterocycles. The average molecular weight is 206 g/mol. The van der Waals surface area contributed by atoms with Gasteiger partial charge in [-0.15, -0.1) is 0 Å². The second kappa shape index (κ2) is 6.88. The van der Waals surface area contributed by atoms with Crippen LogP contribution < -0.4 is 4.74 Å². The summed E-state index contributed by atoms with van der Waals surface area (Å²) in [7, 11) is 1.64. The van der Waals surface area contributed by atoms with Gasteiger partial charge in [-0.25, -0.2) is 0 Å². The molecule has 1 aromatic carbocycles. The van der Waals surface area contributed by atoms with E-state index < -0.39 is 0 Å². The number of hydrogen-bond acceptors (Lipinski definition) is 3. The minimum absolute atomic E-state index is 0.119. The maximum Gasteiger partial charge on any atom is 0.119 e. The van der Waals surface area contributed by atoms with Crippen LogP contribution in [-0.4, -0.2) is 32.0 Å². The topological polar surface area (TPSA) is 38.7 Å². The first-order valence-corrected chi connectivity index (χ1v) is 4.68. The van der Waals surface area contributed by atoms with Crippen molar-refractivity contribution in [2.75, 3.05) is 26.9 Å². The molecule has 0 unspecified atom stereocenters. The van der Waals surface area contributed by atoms with E-state index in [1.807, 2.05) is 24.3 Å². The van der Waals surface area contributed by atoms with Crippen molar-refractivity contribution in [2.45, 2.75) is 0 Å². The summed E-state index contributed by atoms with van der Waals surface area (Å²) in [6, 6.07) is 7.39. The minimum Gasteiger partial charge on any atom is -0.491 e. The van der Waals surface area contributed by atoms with Crippen molar-refractivity contribution in [3.05, 3.63) is 29.8 Å². The number of methoxy groups -OCH3 is 1. The van der Waals surface area contributed by atoms with Crippen molar-refractivity contribution in [1.82, 2.24) is 0 Å². The third kappa shape index (κ3) is 4.50. The molecule has 0 aromatic heterocycles. The van der Waals surface area contributed by atoms with Crippen LogP contribution in [0, 0.1) is 11.8 Å². The Hall–Kier alpha value is -1.50. The molecule has 0 radical (unpaired) electrons. The van der Waals surface area contributed by atoms with Gasteiger partial charge in [0.2, 0.25) is 0 Å². The van der Waals surface area contributed by atoms with E-state index in [1.54, 1.807) is 7.11 Å². The lowest BCUT2D eigenvalue weighted by Crippen LogP contribution is -2.03. The number of hydrogen-bond donors (Lipinski definition) is 1. The summed E-state index contributed by atoms with van der Waals surface area (Å²) < 4.78 is 10.2. The predicted octanol–water partition coefficient (Wildman–Crippen LogP) is 1.06. The fourth-order valence-corrected chi connectivity index (χ4v) is 1.02. The molecule has 0 amide bonds. The monoisotopic (exact) mass is 206 g/mol. The summed E-state index contributed by atoms with van der Waals surface area (Å²) in [4.78, 5) is 0. The van der Waals surface area contributed by atoms with Crippen LogP contribution in [0.1, 0.15) is 5.56 Å². The van der Waals surface area contributed by atoms with Crippen LogP contribution >= 0.6 is 0 Å². The van der Waals surface area contributed by atoms with Gasteiger partial charge in [0.15, 0.2) is 0 Å². The molecule has 1 rings (SSSR count). The number of aliphatic hydroxyl groups excluding tert-OH is 1. The zero-order valence-corrected chi connectivity index (χ0v) is 8.69. The highest BCUT2D eigenvalue weighted by Crippen LogP contribution is 2.11. The average Bonchev–Trinajstić information content (AvgIpc) is 2.28. The smallest absolute Gasteiger partial charge is 0.119 e. The lowest BCUT2D eigenvalue weighted by Gasteiger charge is -2.04. The second-order valence-corrected chi connectivity index (χ2v) is 2.83. The highest BCUT2D eigenvalue weighted by molar-refractivity contribution is 5.38. The first kappa shape index (κ1) is 11.6. The van der Waals surface area contributed by atoms with E-state index in [2.05, 4.69) is 11.8 Å². The van der Waals surface area contributed by atoms with Gasteiger partial charge < -0.3 is 14.6 Å². The standard InChI is InChI=1S/C12H14O3/c1-14-9-10-15-12-6-4-11(5-7-12)3-2-8-13/h4-7,13H,8-10H2,1H3. The molecular weight excluding hydrogens is 192 g/mol. The maximum absolute atomic E-state index is 8.51. The molecule has 0 bridgehead atoms. The number of ether oxygens (including phenoxy) is 2. The molecule has 0 saturated heterocycles. The van der Waals surface area contributed by atoms with Crippen molar-refractivity contribution in [3.63, 3.8) is 0 Å². The summed E-state index contributed by atoms with van der Waals surface area (Å²) >= 11 is 0. The van der Waals surface area contributed by atoms with Crippen LogP contribution in [0.4, 0.5) is 0 Å². The quantitative estimate of drug-likeness (QED) is 0.591. The van der Waals surface area contributed by atoms with Gasteiger partial charge in [-0.3, -0.25) is 0 Å². The summed E-state index contributed by atoms with van der Waals surface area (Å²) in [5.41, 5.74) is 0.864. The Bertz CT molecular complexity index is 332. The van der Waals surface area contributed by atoms with Crippen LogP contribution in [0.3, 0.4) is 0 Å². The predicted molar refractivity (Wildman–Crippen MR) is 57.8 cm³/mol. The molecule has 0 fully saturated rings. The van der Waals surface area contributed by atoms with Gasteiger partial charge in [0.05, 0.1) is 6.61 Å². The molecule has 0 aliphatic carbocycles. The van der Waals surface area contributed by atoms with Crippen molar-refractivity contribution in [1.29, 1.82) is 0 Å². The Morgan fingerprint density at radius 2 is 1.93 bits per heavy atom. The fraction of sp³-hybridized carbons (Fsp3) is 0.333. The molecule has 3 nitrogen and oxygen atoms in total. The summed E-state index contributed by atoms with van der Waals surface area (Å²) in [5, 5.41) is 8.51. The van der Waals surface area contributed by atoms with E-state index in [-0.39, 0.29) is 6.61 Å². The van der Waals surface area contributed by atoms with Gasteiger partial charge in [0.1, 0.15) is 19.0 Å². The molecule has 0 aliphatic rings. The molecule has 1 aromatic rings. The number of rotatable bonds is 4. The Kier molecular flexibility index (Phi) is 5.31. The van der Waals surface area contributed by atoms with Gasteiger partial charge in [-0.1, -0.05) is 11.8 Å². The normalized spacial score (nSPS) is 9.20. The van der Waals surface area contributed by atoms with Crippen LogP contribution in [0.2, 0.25) is 0 Å². The maximum atomic E-state index is 8.51. The van der Waals surface area contributed by atoms with Gasteiger partial charge in [-0.05, 0) is 24.3 Å². The van der Waals surface area contributed by atoms with Crippen molar-refractivity contribution < 1.29 is 14.6 Å². The molecule has 3 heteroatoms. The number of benzene rings is 1. The molecule has 0 saturated carbocycles. The molecule has 0 heterocycles. The van der Waals surface area contributed by atoms with E-state index in [0.29, 0.717) is 13.2 Å². The Balaban J connectivity index is 2.49. The SMILES string of the molecule is COCCOc1ccc(C#CCO)cc1. The minimum atomic E-state index is -0.119. The van der Waals surface area contributed by atoms with E-state index in [0.717, 1.165) is 11.3 Å². The van der Waals surface area contributed by atoms with Crippen molar-refractivity contribution in [2.24, 2.45) is 0 Å². The summed E-state index contributed by atoms with van der Waals surface area (Å²) in [6.07, 6.45) is 0. The first-order valence-electron chi connectivity index (χ1n) is 4.68. The molecule has 80 valence electrons. The summed E-state index contributed by atoms with van der Waals surface area (Å²) in [6.45, 7) is 0.996. The van der Waals surface area contributed by atoms with Crippen molar-refractivity contribution in [3.8, 4) is 17.6 Å². The molecule has 0 spiro atoms. The van der Waals surface area contributed by atoms with E-state index in [1.165, 1.54) is 0 Å². The van der Waals surface area contributed by atoms with Crippen molar-refractivity contribution >= 4 is 0 Å². The van der Waals surface area contributed by atoms with E-state index in [9.17, 15) is 0 Å². The van der Waals surface area contributed by atoms with E-state index >= 15 is 0 Å². The molecule has 0 atom stereocenters. The van der Waals surface area contributed by atoms with Crippen LogP contribution in [-0.2, 0) is 4.74 Å². The third-order valence-corrected chi connectivity index (χ3v) is 1.72. The fourth-order valence-electron chi connectivity index (χ4n) is 1.02. The Morgan fingerprint density at radius 1 is 1.20 bits per heavy atom. The zero-order valence-electron chi connectivity index (χ0n) is 8.69. The lowest BCUT2D eigenvalue weighted by molar-refractivity contribution is 0.146. The Labute approximate surface area is 89.6 Å². The lowest BCUT2D eigenvalue weighted by atomic mass is 10.2. The second-order valence-electron chi connectivity index (χ2n) is 2.83. The first-order chi connectivity index (χ1) is 7.36. The van der Waals surface area contributed by atoms with Crippen LogP contribution in [0.25, 0.3) is 0 Å². The van der Waals surface area contributed by atoms with Gasteiger partial charge in [-0.2, -0.15) is 0 Å². The van der Waals surface area contributed by atoms with Crippen LogP contribution in [0.5, 0.6) is 5.75 Å². The largest absolute Gasteiger partial charge is 0.491 e. The third-order valence-electron chi connectivity index (χ3n) is 1.72. The summed E-state index contributed by atoms with van der Waals surface area (Å²) in [5.74, 6) is 6.18. The molecular formula is C12H14O3. The Morgan fingerprint density at radius 3 is 2.53 bits per heavy atom. The van der Waals surface area contributed by atoms with Crippen LogP contribution in [0.15, 0.2) is 24.3 Å². The zero-order chi connectivity index (χ0) is 10.9. The molecule has 15 heavy (non-hydrogen) atoms. The highest BCUT2D eigenvalue weighted by Gasteiger charge is 1.92. The molecule has 1 N–H and O–H groups in total. The number of aliphatic hydroxyl groups is 1. The van der Waals surface area contributed by atoms with Gasteiger partial charge >= 0.3 is 0 Å². The van der Waals surface area contributed by atoms with Gasteiger partial charge in [0, 0.05) is 12.7 Å².